The van der Waals surface area contributed by atoms with E-state index >= 15 is 0 Å². The van der Waals surface area contributed by atoms with Gasteiger partial charge in [-0.25, -0.2) is 0 Å². The van der Waals surface area contributed by atoms with Gasteiger partial charge in [-0.05, 0) is 31.0 Å². The summed E-state index contributed by atoms with van der Waals surface area (Å²) in [5.74, 6) is 1.16. The standard InChI is InChI=1S/C16H20ClN3O/c17-13-7-5-6-12(10-13)16-20-19-15(21-16)11-18-14-8-3-1-2-4-9-14/h5-7,10,14,18H,1-4,8-9,11H2. The molecule has 0 bridgehead atoms. The van der Waals surface area contributed by atoms with Gasteiger partial charge in [-0.3, -0.25) is 0 Å². The van der Waals surface area contributed by atoms with E-state index in [1.165, 1.54) is 38.5 Å². The van der Waals surface area contributed by atoms with Crippen molar-refractivity contribution in [3.05, 3.63) is 35.2 Å². The first-order valence-corrected chi connectivity index (χ1v) is 8.01. The normalized spacial score (nSPS) is 16.8. The Bertz CT molecular complexity index is 576. The number of benzene rings is 1. The molecule has 1 aromatic heterocycles. The Kier molecular flexibility index (Phi) is 4.88. The van der Waals surface area contributed by atoms with Crippen molar-refractivity contribution in [3.63, 3.8) is 0 Å². The maximum absolute atomic E-state index is 5.98. The predicted molar refractivity (Wildman–Crippen MR) is 83.1 cm³/mol. The van der Waals surface area contributed by atoms with Crippen molar-refractivity contribution < 1.29 is 4.42 Å². The molecule has 4 nitrogen and oxygen atoms in total. The van der Waals surface area contributed by atoms with Gasteiger partial charge in [-0.15, -0.1) is 10.2 Å². The molecule has 1 aliphatic rings. The highest BCUT2D eigenvalue weighted by atomic mass is 35.5. The van der Waals surface area contributed by atoms with E-state index in [2.05, 4.69) is 15.5 Å². The van der Waals surface area contributed by atoms with Crippen molar-refractivity contribution in [1.82, 2.24) is 15.5 Å². The Morgan fingerprint density at radius 2 is 1.95 bits per heavy atom. The van der Waals surface area contributed by atoms with Crippen molar-refractivity contribution in [2.24, 2.45) is 0 Å². The molecule has 1 aromatic carbocycles. The van der Waals surface area contributed by atoms with Gasteiger partial charge in [0.25, 0.3) is 0 Å². The van der Waals surface area contributed by atoms with Crippen LogP contribution in [0.15, 0.2) is 28.7 Å². The van der Waals surface area contributed by atoms with Gasteiger partial charge < -0.3 is 9.73 Å². The third-order valence-corrected chi connectivity index (χ3v) is 4.17. The summed E-state index contributed by atoms with van der Waals surface area (Å²) in [4.78, 5) is 0. The van der Waals surface area contributed by atoms with Crippen molar-refractivity contribution in [2.45, 2.75) is 51.1 Å². The van der Waals surface area contributed by atoms with Gasteiger partial charge in [0.1, 0.15) is 0 Å². The number of nitrogens with one attached hydrogen (secondary N) is 1. The van der Waals surface area contributed by atoms with E-state index in [0.717, 1.165) is 5.56 Å². The lowest BCUT2D eigenvalue weighted by Gasteiger charge is -2.14. The van der Waals surface area contributed by atoms with Gasteiger partial charge in [0.15, 0.2) is 0 Å². The van der Waals surface area contributed by atoms with Crippen LogP contribution < -0.4 is 5.32 Å². The highest BCUT2D eigenvalue weighted by molar-refractivity contribution is 6.30. The SMILES string of the molecule is Clc1cccc(-c2nnc(CNC3CCCCCC3)o2)c1. The molecule has 112 valence electrons. The lowest BCUT2D eigenvalue weighted by Crippen LogP contribution is -2.27. The monoisotopic (exact) mass is 305 g/mol. The molecular weight excluding hydrogens is 286 g/mol. The van der Waals surface area contributed by atoms with E-state index in [1.54, 1.807) is 0 Å². The maximum atomic E-state index is 5.98. The molecule has 3 rings (SSSR count). The molecule has 1 N–H and O–H groups in total. The highest BCUT2D eigenvalue weighted by Crippen LogP contribution is 2.22. The van der Waals surface area contributed by atoms with Crippen LogP contribution in [0.2, 0.25) is 5.02 Å². The zero-order valence-electron chi connectivity index (χ0n) is 12.0. The molecule has 5 heteroatoms. The summed E-state index contributed by atoms with van der Waals surface area (Å²) >= 11 is 5.98. The second-order valence-corrected chi connectivity index (χ2v) is 6.02. The first-order chi connectivity index (χ1) is 10.3. The number of rotatable bonds is 4. The van der Waals surface area contributed by atoms with Crippen LogP contribution in [0.25, 0.3) is 11.5 Å². The van der Waals surface area contributed by atoms with Gasteiger partial charge in [0, 0.05) is 16.6 Å². The Labute approximate surface area is 129 Å². The summed E-state index contributed by atoms with van der Waals surface area (Å²) in [6.07, 6.45) is 7.84. The fraction of sp³-hybridized carbons (Fsp3) is 0.500. The second-order valence-electron chi connectivity index (χ2n) is 5.58. The van der Waals surface area contributed by atoms with E-state index in [4.69, 9.17) is 16.0 Å². The molecule has 0 saturated heterocycles. The Hall–Kier alpha value is -1.39. The number of hydrogen-bond acceptors (Lipinski definition) is 4. The maximum Gasteiger partial charge on any atom is 0.247 e. The molecule has 21 heavy (non-hydrogen) atoms. The fourth-order valence-corrected chi connectivity index (χ4v) is 2.97. The first kappa shape index (κ1) is 14.5. The molecule has 0 spiro atoms. The molecule has 1 aliphatic carbocycles. The summed E-state index contributed by atoms with van der Waals surface area (Å²) in [5.41, 5.74) is 0.857. The molecule has 2 aromatic rings. The van der Waals surface area contributed by atoms with Crippen LogP contribution in [0.5, 0.6) is 0 Å². The smallest absolute Gasteiger partial charge is 0.247 e. The van der Waals surface area contributed by atoms with Crippen molar-refractivity contribution in [1.29, 1.82) is 0 Å². The zero-order valence-corrected chi connectivity index (χ0v) is 12.8. The molecule has 0 unspecified atom stereocenters. The van der Waals surface area contributed by atoms with Crippen LogP contribution in [-0.4, -0.2) is 16.2 Å². The summed E-state index contributed by atoms with van der Waals surface area (Å²) in [5, 5.41) is 12.4. The molecule has 1 saturated carbocycles. The molecular formula is C16H20ClN3O. The number of nitrogens with zero attached hydrogens (tertiary/aromatic N) is 2. The number of halogens is 1. The summed E-state index contributed by atoms with van der Waals surface area (Å²) in [6, 6.07) is 8.04. The topological polar surface area (TPSA) is 51.0 Å². The lowest BCUT2D eigenvalue weighted by molar-refractivity contribution is 0.411. The fourth-order valence-electron chi connectivity index (χ4n) is 2.78. The average molecular weight is 306 g/mol. The summed E-state index contributed by atoms with van der Waals surface area (Å²) < 4.78 is 5.70. The van der Waals surface area contributed by atoms with Crippen molar-refractivity contribution >= 4 is 11.6 Å². The number of hydrogen-bond donors (Lipinski definition) is 1. The summed E-state index contributed by atoms with van der Waals surface area (Å²) in [7, 11) is 0. The predicted octanol–water partition coefficient (Wildman–Crippen LogP) is 4.20. The van der Waals surface area contributed by atoms with E-state index in [0.29, 0.717) is 29.4 Å². The van der Waals surface area contributed by atoms with Crippen LogP contribution in [-0.2, 0) is 6.54 Å². The largest absolute Gasteiger partial charge is 0.419 e. The quantitative estimate of drug-likeness (QED) is 0.860. The average Bonchev–Trinajstić information content (AvgIpc) is 2.81. The van der Waals surface area contributed by atoms with Crippen LogP contribution in [0.1, 0.15) is 44.4 Å². The third kappa shape index (κ3) is 4.05. The van der Waals surface area contributed by atoms with E-state index in [-0.39, 0.29) is 0 Å². The molecule has 1 fully saturated rings. The van der Waals surface area contributed by atoms with Gasteiger partial charge in [0.05, 0.1) is 6.54 Å². The molecule has 0 aliphatic heterocycles. The van der Waals surface area contributed by atoms with Gasteiger partial charge in [-0.2, -0.15) is 0 Å². The van der Waals surface area contributed by atoms with E-state index in [9.17, 15) is 0 Å². The first-order valence-electron chi connectivity index (χ1n) is 7.63. The number of aromatic nitrogens is 2. The van der Waals surface area contributed by atoms with Crippen LogP contribution in [0, 0.1) is 0 Å². The van der Waals surface area contributed by atoms with Gasteiger partial charge >= 0.3 is 0 Å². The van der Waals surface area contributed by atoms with Gasteiger partial charge in [-0.1, -0.05) is 43.4 Å². The van der Waals surface area contributed by atoms with Crippen molar-refractivity contribution in [3.8, 4) is 11.5 Å². The van der Waals surface area contributed by atoms with E-state index < -0.39 is 0 Å². The van der Waals surface area contributed by atoms with Gasteiger partial charge in [0.2, 0.25) is 11.8 Å². The van der Waals surface area contributed by atoms with Crippen LogP contribution in [0.4, 0.5) is 0 Å². The molecule has 0 atom stereocenters. The minimum Gasteiger partial charge on any atom is -0.419 e. The van der Waals surface area contributed by atoms with E-state index in [1.807, 2.05) is 24.3 Å². The second kappa shape index (κ2) is 7.05. The molecule has 0 amide bonds. The minimum atomic E-state index is 0.523. The Morgan fingerprint density at radius 3 is 2.71 bits per heavy atom. The summed E-state index contributed by atoms with van der Waals surface area (Å²) in [6.45, 7) is 0.637. The Balaban J connectivity index is 1.60. The highest BCUT2D eigenvalue weighted by Gasteiger charge is 2.14. The molecule has 1 heterocycles. The zero-order chi connectivity index (χ0) is 14.5. The molecule has 0 radical (unpaired) electrons. The van der Waals surface area contributed by atoms with Crippen LogP contribution >= 0.6 is 11.6 Å². The minimum absolute atomic E-state index is 0.523. The Morgan fingerprint density at radius 1 is 1.14 bits per heavy atom. The third-order valence-electron chi connectivity index (χ3n) is 3.94. The lowest BCUT2D eigenvalue weighted by atomic mass is 10.1. The van der Waals surface area contributed by atoms with Crippen molar-refractivity contribution in [2.75, 3.05) is 0 Å². The van der Waals surface area contributed by atoms with Crippen LogP contribution in [0.3, 0.4) is 0 Å².